The van der Waals surface area contributed by atoms with Gasteiger partial charge in [-0.15, -0.1) is 0 Å². The molecular formula is C10H13ClFN. The second-order valence-corrected chi connectivity index (χ2v) is 3.67. The summed E-state index contributed by atoms with van der Waals surface area (Å²) in [4.78, 5) is 0. The molecule has 0 bridgehead atoms. The molecule has 0 aliphatic rings. The van der Waals surface area contributed by atoms with Gasteiger partial charge in [-0.1, -0.05) is 17.7 Å². The maximum Gasteiger partial charge on any atom is 0.141 e. The number of hydrogen-bond donors (Lipinski definition) is 1. The second kappa shape index (κ2) is 4.58. The molecule has 0 saturated heterocycles. The minimum atomic E-state index is -0.369. The van der Waals surface area contributed by atoms with E-state index in [2.05, 4.69) is 0 Å². The Morgan fingerprint density at radius 1 is 1.54 bits per heavy atom. The molecule has 0 radical (unpaired) electrons. The van der Waals surface area contributed by atoms with Crippen molar-refractivity contribution in [1.82, 2.24) is 0 Å². The maximum atomic E-state index is 12.7. The second-order valence-electron chi connectivity index (χ2n) is 3.26. The summed E-state index contributed by atoms with van der Waals surface area (Å²) in [6.07, 6.45) is 1.74. The van der Waals surface area contributed by atoms with Gasteiger partial charge in [0.15, 0.2) is 0 Å². The van der Waals surface area contributed by atoms with E-state index in [1.807, 2.05) is 6.92 Å². The molecule has 0 spiro atoms. The van der Waals surface area contributed by atoms with Crippen LogP contribution in [0.25, 0.3) is 0 Å². The molecule has 0 aromatic heterocycles. The van der Waals surface area contributed by atoms with Crippen LogP contribution in [0.15, 0.2) is 18.2 Å². The summed E-state index contributed by atoms with van der Waals surface area (Å²) < 4.78 is 12.7. The first-order valence-electron chi connectivity index (χ1n) is 4.29. The van der Waals surface area contributed by atoms with Crippen LogP contribution in [-0.4, -0.2) is 6.04 Å². The predicted octanol–water partition coefficient (Wildman–Crippen LogP) is 2.76. The van der Waals surface area contributed by atoms with Crippen molar-refractivity contribution < 1.29 is 4.39 Å². The Hall–Kier alpha value is -0.600. The fourth-order valence-corrected chi connectivity index (χ4v) is 1.29. The molecule has 0 amide bonds. The minimum absolute atomic E-state index is 0.170. The third kappa shape index (κ3) is 3.33. The first kappa shape index (κ1) is 10.5. The molecule has 1 atom stereocenters. The molecule has 13 heavy (non-hydrogen) atoms. The van der Waals surface area contributed by atoms with Crippen LogP contribution in [0.2, 0.25) is 5.02 Å². The highest BCUT2D eigenvalue weighted by atomic mass is 35.5. The molecule has 3 heteroatoms. The van der Waals surface area contributed by atoms with E-state index in [1.54, 1.807) is 12.1 Å². The zero-order valence-electron chi connectivity index (χ0n) is 7.56. The Balaban J connectivity index is 2.63. The Morgan fingerprint density at radius 3 is 2.77 bits per heavy atom. The number of aryl methyl sites for hydroxylation is 1. The highest BCUT2D eigenvalue weighted by molar-refractivity contribution is 6.30. The van der Waals surface area contributed by atoms with Crippen LogP contribution in [0.5, 0.6) is 0 Å². The van der Waals surface area contributed by atoms with Crippen LogP contribution in [0.4, 0.5) is 4.39 Å². The summed E-state index contributed by atoms with van der Waals surface area (Å²) in [5.74, 6) is -0.369. The van der Waals surface area contributed by atoms with Gasteiger partial charge in [0.2, 0.25) is 0 Å². The zero-order valence-corrected chi connectivity index (χ0v) is 8.31. The topological polar surface area (TPSA) is 26.0 Å². The standard InChI is InChI=1S/C10H13ClFN/c1-7(13)2-3-8-4-5-10(12)9(11)6-8/h4-7H,2-3,13H2,1H3/t7-/m0/s1. The first-order valence-corrected chi connectivity index (χ1v) is 4.67. The van der Waals surface area contributed by atoms with Crippen molar-refractivity contribution in [2.75, 3.05) is 0 Å². The minimum Gasteiger partial charge on any atom is -0.328 e. The van der Waals surface area contributed by atoms with Gasteiger partial charge >= 0.3 is 0 Å². The summed E-state index contributed by atoms with van der Waals surface area (Å²) >= 11 is 5.62. The number of nitrogens with two attached hydrogens (primary N) is 1. The molecule has 0 aliphatic heterocycles. The van der Waals surface area contributed by atoms with Gasteiger partial charge in [0, 0.05) is 6.04 Å². The van der Waals surface area contributed by atoms with E-state index in [1.165, 1.54) is 6.07 Å². The molecule has 1 nitrogen and oxygen atoms in total. The Labute approximate surface area is 82.7 Å². The van der Waals surface area contributed by atoms with Crippen LogP contribution in [0, 0.1) is 5.82 Å². The van der Waals surface area contributed by atoms with Crippen molar-refractivity contribution in [1.29, 1.82) is 0 Å². The van der Waals surface area contributed by atoms with Crippen LogP contribution in [0.3, 0.4) is 0 Å². The van der Waals surface area contributed by atoms with E-state index >= 15 is 0 Å². The third-order valence-electron chi connectivity index (χ3n) is 1.87. The molecule has 72 valence electrons. The average Bonchev–Trinajstić information content (AvgIpc) is 2.07. The highest BCUT2D eigenvalue weighted by Gasteiger charge is 2.01. The quantitative estimate of drug-likeness (QED) is 0.800. The van der Waals surface area contributed by atoms with Crippen molar-refractivity contribution in [3.8, 4) is 0 Å². The van der Waals surface area contributed by atoms with Gasteiger partial charge in [-0.3, -0.25) is 0 Å². The fourth-order valence-electron chi connectivity index (χ4n) is 1.09. The average molecular weight is 202 g/mol. The SMILES string of the molecule is C[C@H](N)CCc1ccc(F)c(Cl)c1. The first-order chi connectivity index (χ1) is 6.09. The lowest BCUT2D eigenvalue weighted by molar-refractivity contribution is 0.625. The normalized spacial score (nSPS) is 12.9. The van der Waals surface area contributed by atoms with Crippen molar-refractivity contribution in [2.45, 2.75) is 25.8 Å². The van der Waals surface area contributed by atoms with E-state index in [4.69, 9.17) is 17.3 Å². The van der Waals surface area contributed by atoms with Crippen molar-refractivity contribution in [3.05, 3.63) is 34.6 Å². The Kier molecular flexibility index (Phi) is 3.70. The van der Waals surface area contributed by atoms with Crippen molar-refractivity contribution in [3.63, 3.8) is 0 Å². The smallest absolute Gasteiger partial charge is 0.141 e. The van der Waals surface area contributed by atoms with Gasteiger partial charge in [-0.05, 0) is 37.5 Å². The summed E-state index contributed by atoms with van der Waals surface area (Å²) in [6, 6.07) is 4.95. The molecule has 1 rings (SSSR count). The number of halogens is 2. The fraction of sp³-hybridized carbons (Fsp3) is 0.400. The number of hydrogen-bond acceptors (Lipinski definition) is 1. The molecule has 1 aromatic rings. The lowest BCUT2D eigenvalue weighted by Gasteiger charge is -2.05. The van der Waals surface area contributed by atoms with Crippen LogP contribution in [0.1, 0.15) is 18.9 Å². The Morgan fingerprint density at radius 2 is 2.23 bits per heavy atom. The summed E-state index contributed by atoms with van der Waals surface area (Å²) in [5.41, 5.74) is 6.63. The predicted molar refractivity (Wildman–Crippen MR) is 53.4 cm³/mol. The largest absolute Gasteiger partial charge is 0.328 e. The lowest BCUT2D eigenvalue weighted by Crippen LogP contribution is -2.15. The van der Waals surface area contributed by atoms with Gasteiger partial charge in [0.05, 0.1) is 5.02 Å². The third-order valence-corrected chi connectivity index (χ3v) is 2.16. The van der Waals surface area contributed by atoms with Crippen LogP contribution < -0.4 is 5.73 Å². The van der Waals surface area contributed by atoms with Crippen molar-refractivity contribution in [2.24, 2.45) is 5.73 Å². The lowest BCUT2D eigenvalue weighted by atomic mass is 10.1. The summed E-state index contributed by atoms with van der Waals surface area (Å²) in [7, 11) is 0. The molecule has 0 fully saturated rings. The van der Waals surface area contributed by atoms with E-state index in [0.29, 0.717) is 0 Å². The van der Waals surface area contributed by atoms with Gasteiger partial charge in [0.25, 0.3) is 0 Å². The van der Waals surface area contributed by atoms with E-state index < -0.39 is 0 Å². The molecule has 1 aromatic carbocycles. The Bertz CT molecular complexity index is 286. The molecule has 2 N–H and O–H groups in total. The molecule has 0 unspecified atom stereocenters. The monoisotopic (exact) mass is 201 g/mol. The van der Waals surface area contributed by atoms with Crippen LogP contribution in [-0.2, 0) is 6.42 Å². The van der Waals surface area contributed by atoms with E-state index in [-0.39, 0.29) is 16.9 Å². The summed E-state index contributed by atoms with van der Waals surface area (Å²) in [5, 5.41) is 0.183. The van der Waals surface area contributed by atoms with Gasteiger partial charge < -0.3 is 5.73 Å². The van der Waals surface area contributed by atoms with Crippen LogP contribution >= 0.6 is 11.6 Å². The van der Waals surface area contributed by atoms with E-state index in [9.17, 15) is 4.39 Å². The molecule has 0 saturated carbocycles. The zero-order chi connectivity index (χ0) is 9.84. The van der Waals surface area contributed by atoms with Crippen molar-refractivity contribution >= 4 is 11.6 Å². The highest BCUT2D eigenvalue weighted by Crippen LogP contribution is 2.17. The number of benzene rings is 1. The molecule has 0 heterocycles. The molecule has 0 aliphatic carbocycles. The van der Waals surface area contributed by atoms with E-state index in [0.717, 1.165) is 18.4 Å². The number of rotatable bonds is 3. The maximum absolute atomic E-state index is 12.7. The van der Waals surface area contributed by atoms with Gasteiger partial charge in [-0.2, -0.15) is 0 Å². The molecular weight excluding hydrogens is 189 g/mol. The van der Waals surface area contributed by atoms with Gasteiger partial charge in [-0.25, -0.2) is 4.39 Å². The van der Waals surface area contributed by atoms with Gasteiger partial charge in [0.1, 0.15) is 5.82 Å². The summed E-state index contributed by atoms with van der Waals surface area (Å²) in [6.45, 7) is 1.95.